The fraction of sp³-hybridized carbons (Fsp3) is 0.188. The van der Waals surface area contributed by atoms with Gasteiger partial charge < -0.3 is 10.4 Å². The molecule has 102 valence electrons. The molecule has 1 unspecified atom stereocenters. The molecular formula is C16H14FNO2. The fourth-order valence-corrected chi connectivity index (χ4v) is 2.48. The van der Waals surface area contributed by atoms with Crippen molar-refractivity contribution >= 4 is 11.6 Å². The van der Waals surface area contributed by atoms with Gasteiger partial charge in [-0.25, -0.2) is 4.39 Å². The van der Waals surface area contributed by atoms with Gasteiger partial charge in [0.1, 0.15) is 11.9 Å². The Bertz CT molecular complexity index is 697. The second kappa shape index (κ2) is 4.72. The first-order chi connectivity index (χ1) is 9.56. The number of carbonyl (C=O) groups excluding carboxylic acids is 1. The standard InChI is InChI=1S/C16H14FNO2/c1-9-3-2-4-12(15(9)17)16(20)10-5-6-13-11(7-10)8-14(19)18-13/h2-7,16,20H,8H2,1H3,(H,18,19). The Labute approximate surface area is 116 Å². The number of amides is 1. The molecule has 0 radical (unpaired) electrons. The number of aryl methyl sites for hydroxylation is 1. The highest BCUT2D eigenvalue weighted by Gasteiger charge is 2.21. The molecule has 0 aliphatic carbocycles. The third-order valence-electron chi connectivity index (χ3n) is 3.59. The summed E-state index contributed by atoms with van der Waals surface area (Å²) in [5.41, 5.74) is 2.93. The molecule has 1 atom stereocenters. The van der Waals surface area contributed by atoms with Gasteiger partial charge >= 0.3 is 0 Å². The van der Waals surface area contributed by atoms with Crippen molar-refractivity contribution in [3.8, 4) is 0 Å². The summed E-state index contributed by atoms with van der Waals surface area (Å²) in [6.45, 7) is 1.66. The third-order valence-corrected chi connectivity index (χ3v) is 3.59. The maximum absolute atomic E-state index is 14.0. The Kier molecular flexibility index (Phi) is 3.03. The van der Waals surface area contributed by atoms with Crippen LogP contribution < -0.4 is 5.32 Å². The zero-order valence-electron chi connectivity index (χ0n) is 11.0. The van der Waals surface area contributed by atoms with E-state index in [9.17, 15) is 14.3 Å². The lowest BCUT2D eigenvalue weighted by Gasteiger charge is -2.14. The van der Waals surface area contributed by atoms with E-state index in [2.05, 4.69) is 5.32 Å². The van der Waals surface area contributed by atoms with Gasteiger partial charge in [-0.05, 0) is 29.7 Å². The molecule has 1 heterocycles. The minimum atomic E-state index is -1.03. The molecule has 0 aromatic heterocycles. The minimum absolute atomic E-state index is 0.0617. The van der Waals surface area contributed by atoms with Crippen molar-refractivity contribution in [2.45, 2.75) is 19.4 Å². The zero-order chi connectivity index (χ0) is 14.3. The lowest BCUT2D eigenvalue weighted by atomic mass is 9.97. The monoisotopic (exact) mass is 271 g/mol. The summed E-state index contributed by atoms with van der Waals surface area (Å²) < 4.78 is 14.0. The largest absolute Gasteiger partial charge is 0.384 e. The van der Waals surface area contributed by atoms with Gasteiger partial charge in [-0.15, -0.1) is 0 Å². The van der Waals surface area contributed by atoms with Crippen LogP contribution in [-0.4, -0.2) is 11.0 Å². The average Bonchev–Trinajstić information content (AvgIpc) is 2.80. The Morgan fingerprint density at radius 2 is 2.10 bits per heavy atom. The maximum atomic E-state index is 14.0. The van der Waals surface area contributed by atoms with Gasteiger partial charge in [0, 0.05) is 11.3 Å². The van der Waals surface area contributed by atoms with Crippen LogP contribution in [0, 0.1) is 12.7 Å². The number of fused-ring (bicyclic) bond motifs is 1. The van der Waals surface area contributed by atoms with E-state index in [-0.39, 0.29) is 11.5 Å². The average molecular weight is 271 g/mol. The summed E-state index contributed by atoms with van der Waals surface area (Å²) in [4.78, 5) is 11.3. The highest BCUT2D eigenvalue weighted by Crippen LogP contribution is 2.30. The second-order valence-corrected chi connectivity index (χ2v) is 5.02. The predicted molar refractivity (Wildman–Crippen MR) is 74.0 cm³/mol. The Balaban J connectivity index is 1.99. The first-order valence-corrected chi connectivity index (χ1v) is 6.42. The molecule has 2 aromatic carbocycles. The molecule has 0 spiro atoms. The van der Waals surface area contributed by atoms with Gasteiger partial charge in [-0.2, -0.15) is 0 Å². The fourth-order valence-electron chi connectivity index (χ4n) is 2.48. The molecule has 20 heavy (non-hydrogen) atoms. The first kappa shape index (κ1) is 12.8. The Morgan fingerprint density at radius 1 is 1.30 bits per heavy atom. The van der Waals surface area contributed by atoms with E-state index in [4.69, 9.17) is 0 Å². The lowest BCUT2D eigenvalue weighted by molar-refractivity contribution is -0.115. The van der Waals surface area contributed by atoms with Crippen molar-refractivity contribution in [3.05, 3.63) is 64.5 Å². The minimum Gasteiger partial charge on any atom is -0.384 e. The highest BCUT2D eigenvalue weighted by atomic mass is 19.1. The number of aliphatic hydroxyl groups is 1. The number of benzene rings is 2. The molecule has 0 fully saturated rings. The second-order valence-electron chi connectivity index (χ2n) is 5.02. The number of nitrogens with one attached hydrogen (secondary N) is 1. The van der Waals surface area contributed by atoms with Crippen LogP contribution in [-0.2, 0) is 11.2 Å². The summed E-state index contributed by atoms with van der Waals surface area (Å²) in [5.74, 6) is -0.455. The van der Waals surface area contributed by atoms with E-state index < -0.39 is 11.9 Å². The number of aliphatic hydroxyl groups excluding tert-OH is 1. The quantitative estimate of drug-likeness (QED) is 0.882. The van der Waals surface area contributed by atoms with Crippen LogP contribution in [0.1, 0.15) is 28.4 Å². The topological polar surface area (TPSA) is 49.3 Å². The number of halogens is 1. The van der Waals surface area contributed by atoms with Gasteiger partial charge in [-0.3, -0.25) is 4.79 Å². The third kappa shape index (κ3) is 2.08. The molecule has 3 rings (SSSR count). The molecular weight excluding hydrogens is 257 g/mol. The summed E-state index contributed by atoms with van der Waals surface area (Å²) in [7, 11) is 0. The molecule has 2 N–H and O–H groups in total. The summed E-state index contributed by atoms with van der Waals surface area (Å²) in [6.07, 6.45) is -0.734. The van der Waals surface area contributed by atoms with Crippen molar-refractivity contribution in [1.29, 1.82) is 0 Å². The van der Waals surface area contributed by atoms with Crippen LogP contribution in [0.15, 0.2) is 36.4 Å². The number of carbonyl (C=O) groups is 1. The molecule has 0 bridgehead atoms. The Hall–Kier alpha value is -2.20. The van der Waals surface area contributed by atoms with E-state index in [1.807, 2.05) is 0 Å². The van der Waals surface area contributed by atoms with Crippen LogP contribution >= 0.6 is 0 Å². The number of rotatable bonds is 2. The van der Waals surface area contributed by atoms with Gasteiger partial charge in [-0.1, -0.05) is 30.3 Å². The van der Waals surface area contributed by atoms with Crippen molar-refractivity contribution in [3.63, 3.8) is 0 Å². The van der Waals surface area contributed by atoms with Crippen molar-refractivity contribution in [1.82, 2.24) is 0 Å². The van der Waals surface area contributed by atoms with Crippen LogP contribution in [0.25, 0.3) is 0 Å². The van der Waals surface area contributed by atoms with E-state index in [0.717, 1.165) is 11.3 Å². The molecule has 1 aliphatic heterocycles. The highest BCUT2D eigenvalue weighted by molar-refractivity contribution is 5.99. The first-order valence-electron chi connectivity index (χ1n) is 6.42. The summed E-state index contributed by atoms with van der Waals surface area (Å²) >= 11 is 0. The van der Waals surface area contributed by atoms with Gasteiger partial charge in [0.15, 0.2) is 0 Å². The van der Waals surface area contributed by atoms with Gasteiger partial charge in [0.05, 0.1) is 6.42 Å². The zero-order valence-corrected chi connectivity index (χ0v) is 11.0. The molecule has 1 aliphatic rings. The lowest BCUT2D eigenvalue weighted by Crippen LogP contribution is -2.04. The molecule has 2 aromatic rings. The smallest absolute Gasteiger partial charge is 0.228 e. The number of anilines is 1. The van der Waals surface area contributed by atoms with Crippen LogP contribution in [0.3, 0.4) is 0 Å². The molecule has 0 saturated heterocycles. The maximum Gasteiger partial charge on any atom is 0.228 e. The van der Waals surface area contributed by atoms with E-state index >= 15 is 0 Å². The normalized spacial score (nSPS) is 14.8. The predicted octanol–water partition coefficient (Wildman–Crippen LogP) is 2.71. The van der Waals surface area contributed by atoms with Crippen LogP contribution in [0.5, 0.6) is 0 Å². The molecule has 3 nitrogen and oxygen atoms in total. The number of hydrogen-bond acceptors (Lipinski definition) is 2. The van der Waals surface area contributed by atoms with Gasteiger partial charge in [0.2, 0.25) is 5.91 Å². The Morgan fingerprint density at radius 3 is 2.90 bits per heavy atom. The van der Waals surface area contributed by atoms with Crippen molar-refractivity contribution < 1.29 is 14.3 Å². The summed E-state index contributed by atoms with van der Waals surface area (Å²) in [6, 6.07) is 10.2. The van der Waals surface area contributed by atoms with Crippen molar-refractivity contribution in [2.24, 2.45) is 0 Å². The number of hydrogen-bond donors (Lipinski definition) is 2. The molecule has 4 heteroatoms. The van der Waals surface area contributed by atoms with E-state index in [1.54, 1.807) is 43.3 Å². The van der Waals surface area contributed by atoms with E-state index in [0.29, 0.717) is 17.5 Å². The summed E-state index contributed by atoms with van der Waals surface area (Å²) in [5, 5.41) is 13.1. The molecule has 0 saturated carbocycles. The molecule has 1 amide bonds. The van der Waals surface area contributed by atoms with Crippen LogP contribution in [0.2, 0.25) is 0 Å². The van der Waals surface area contributed by atoms with E-state index in [1.165, 1.54) is 0 Å². The van der Waals surface area contributed by atoms with Crippen LogP contribution in [0.4, 0.5) is 10.1 Å². The SMILES string of the molecule is Cc1cccc(C(O)c2ccc3c(c2)CC(=O)N3)c1F. The van der Waals surface area contributed by atoms with Gasteiger partial charge in [0.25, 0.3) is 0 Å². The van der Waals surface area contributed by atoms with Crippen molar-refractivity contribution in [2.75, 3.05) is 5.32 Å².